The first-order valence-corrected chi connectivity index (χ1v) is 5.83. The molecule has 1 aliphatic heterocycles. The molecule has 0 saturated carbocycles. The van der Waals surface area contributed by atoms with Crippen molar-refractivity contribution in [1.82, 2.24) is 10.2 Å². The van der Waals surface area contributed by atoms with Gasteiger partial charge in [-0.1, -0.05) is 0 Å². The predicted molar refractivity (Wildman–Crippen MR) is 59.8 cm³/mol. The Balaban J connectivity index is 2.17. The average Bonchev–Trinajstić information content (AvgIpc) is 2.14. The Morgan fingerprint density at radius 3 is 2.38 bits per heavy atom. The van der Waals surface area contributed by atoms with Crippen LogP contribution in [0, 0.1) is 0 Å². The minimum Gasteiger partial charge on any atom is -0.389 e. The van der Waals surface area contributed by atoms with Gasteiger partial charge in [0, 0.05) is 12.6 Å². The van der Waals surface area contributed by atoms with Gasteiger partial charge < -0.3 is 10.4 Å². The molecule has 96 valence electrons. The maximum Gasteiger partial charge on any atom is 0.251 e. The Hall–Kier alpha value is -0.260. The van der Waals surface area contributed by atoms with Crippen molar-refractivity contribution < 1.29 is 13.9 Å². The van der Waals surface area contributed by atoms with E-state index in [1.54, 1.807) is 18.7 Å². The van der Waals surface area contributed by atoms with E-state index in [1.165, 1.54) is 0 Å². The lowest BCUT2D eigenvalue weighted by Crippen LogP contribution is -2.47. The predicted octanol–water partition coefficient (Wildman–Crippen LogP) is 1.08. The molecule has 16 heavy (non-hydrogen) atoms. The van der Waals surface area contributed by atoms with E-state index in [0.29, 0.717) is 25.7 Å². The fourth-order valence-corrected chi connectivity index (χ4v) is 1.91. The van der Waals surface area contributed by atoms with E-state index >= 15 is 0 Å². The second-order valence-electron chi connectivity index (χ2n) is 5.16. The standard InChI is InChI=1S/C11H22F2N2O/c1-11(2,16)8-14-9-3-5-15(6-4-9)7-10(12)13/h9-10,14,16H,3-8H2,1-2H3. The molecule has 0 aromatic carbocycles. The highest BCUT2D eigenvalue weighted by atomic mass is 19.3. The van der Waals surface area contributed by atoms with Gasteiger partial charge in [-0.05, 0) is 39.8 Å². The summed E-state index contributed by atoms with van der Waals surface area (Å²) in [7, 11) is 0. The highest BCUT2D eigenvalue weighted by Crippen LogP contribution is 2.12. The summed E-state index contributed by atoms with van der Waals surface area (Å²) < 4.78 is 24.3. The van der Waals surface area contributed by atoms with Crippen LogP contribution in [0.15, 0.2) is 0 Å². The van der Waals surface area contributed by atoms with Crippen molar-refractivity contribution in [2.75, 3.05) is 26.2 Å². The van der Waals surface area contributed by atoms with Crippen molar-refractivity contribution in [3.8, 4) is 0 Å². The zero-order chi connectivity index (χ0) is 12.2. The van der Waals surface area contributed by atoms with E-state index in [9.17, 15) is 13.9 Å². The van der Waals surface area contributed by atoms with E-state index in [0.717, 1.165) is 12.8 Å². The van der Waals surface area contributed by atoms with Crippen molar-refractivity contribution in [3.63, 3.8) is 0 Å². The zero-order valence-corrected chi connectivity index (χ0v) is 10.0. The maximum absolute atomic E-state index is 12.1. The molecule has 1 saturated heterocycles. The molecule has 0 spiro atoms. The lowest BCUT2D eigenvalue weighted by Gasteiger charge is -2.33. The van der Waals surface area contributed by atoms with Crippen LogP contribution in [0.5, 0.6) is 0 Å². The molecule has 3 nitrogen and oxygen atoms in total. The minimum absolute atomic E-state index is 0.113. The summed E-state index contributed by atoms with van der Waals surface area (Å²) in [4.78, 5) is 1.80. The van der Waals surface area contributed by atoms with Crippen molar-refractivity contribution in [2.45, 2.75) is 44.8 Å². The molecule has 0 atom stereocenters. The smallest absolute Gasteiger partial charge is 0.251 e. The Morgan fingerprint density at radius 2 is 1.94 bits per heavy atom. The first-order chi connectivity index (χ1) is 7.37. The number of hydrogen-bond donors (Lipinski definition) is 2. The minimum atomic E-state index is -2.24. The lowest BCUT2D eigenvalue weighted by atomic mass is 10.0. The highest BCUT2D eigenvalue weighted by molar-refractivity contribution is 4.80. The fraction of sp³-hybridized carbons (Fsp3) is 1.00. The summed E-state index contributed by atoms with van der Waals surface area (Å²) >= 11 is 0. The average molecular weight is 236 g/mol. The van der Waals surface area contributed by atoms with Gasteiger partial charge in [-0.25, -0.2) is 8.78 Å². The number of nitrogens with one attached hydrogen (secondary N) is 1. The molecule has 0 amide bonds. The largest absolute Gasteiger partial charge is 0.389 e. The zero-order valence-electron chi connectivity index (χ0n) is 10.0. The topological polar surface area (TPSA) is 35.5 Å². The first kappa shape index (κ1) is 13.8. The van der Waals surface area contributed by atoms with Crippen molar-refractivity contribution in [1.29, 1.82) is 0 Å². The van der Waals surface area contributed by atoms with Gasteiger partial charge in [0.05, 0.1) is 12.1 Å². The second kappa shape index (κ2) is 5.89. The van der Waals surface area contributed by atoms with Gasteiger partial charge in [0.2, 0.25) is 0 Å². The lowest BCUT2D eigenvalue weighted by molar-refractivity contribution is 0.0595. The molecule has 1 fully saturated rings. The molecule has 5 heteroatoms. The number of halogens is 2. The van der Waals surface area contributed by atoms with E-state index < -0.39 is 12.0 Å². The van der Waals surface area contributed by atoms with Crippen LogP contribution in [0.1, 0.15) is 26.7 Å². The highest BCUT2D eigenvalue weighted by Gasteiger charge is 2.22. The molecule has 0 radical (unpaired) electrons. The molecular weight excluding hydrogens is 214 g/mol. The quantitative estimate of drug-likeness (QED) is 0.749. The molecule has 0 aromatic heterocycles. The third-order valence-corrected chi connectivity index (χ3v) is 2.81. The number of hydrogen-bond acceptors (Lipinski definition) is 3. The Labute approximate surface area is 95.8 Å². The van der Waals surface area contributed by atoms with Crippen LogP contribution in [0.25, 0.3) is 0 Å². The SMILES string of the molecule is CC(C)(O)CNC1CCN(CC(F)F)CC1. The molecule has 0 bridgehead atoms. The third-order valence-electron chi connectivity index (χ3n) is 2.81. The summed E-state index contributed by atoms with van der Waals surface area (Å²) in [5.74, 6) is 0. The molecule has 1 aliphatic rings. The molecule has 1 heterocycles. The summed E-state index contributed by atoms with van der Waals surface area (Å²) in [6, 6.07) is 0.348. The monoisotopic (exact) mass is 236 g/mol. The molecular formula is C11H22F2N2O. The van der Waals surface area contributed by atoms with Gasteiger partial charge in [-0.15, -0.1) is 0 Å². The van der Waals surface area contributed by atoms with Crippen LogP contribution in [-0.2, 0) is 0 Å². The molecule has 0 unspecified atom stereocenters. The van der Waals surface area contributed by atoms with Gasteiger partial charge in [0.1, 0.15) is 0 Å². The fourth-order valence-electron chi connectivity index (χ4n) is 1.91. The van der Waals surface area contributed by atoms with Crippen molar-refractivity contribution >= 4 is 0 Å². The van der Waals surface area contributed by atoms with Crippen LogP contribution < -0.4 is 5.32 Å². The molecule has 1 rings (SSSR count). The summed E-state index contributed by atoms with van der Waals surface area (Å²) in [6.45, 7) is 5.38. The second-order valence-corrected chi connectivity index (χ2v) is 5.16. The Bertz CT molecular complexity index is 199. The summed E-state index contributed by atoms with van der Waals surface area (Å²) in [6.07, 6.45) is -0.480. The molecule has 0 aromatic rings. The molecule has 2 N–H and O–H groups in total. The van der Waals surface area contributed by atoms with Gasteiger partial charge in [-0.3, -0.25) is 4.90 Å². The first-order valence-electron chi connectivity index (χ1n) is 5.83. The summed E-state index contributed by atoms with van der Waals surface area (Å²) in [5.41, 5.74) is -0.708. The van der Waals surface area contributed by atoms with Crippen LogP contribution >= 0.6 is 0 Å². The van der Waals surface area contributed by atoms with E-state index in [-0.39, 0.29) is 6.54 Å². The van der Waals surface area contributed by atoms with E-state index in [1.807, 2.05) is 0 Å². The maximum atomic E-state index is 12.1. The third kappa shape index (κ3) is 5.72. The van der Waals surface area contributed by atoms with Gasteiger partial charge in [0.25, 0.3) is 6.43 Å². The van der Waals surface area contributed by atoms with Crippen LogP contribution in [0.2, 0.25) is 0 Å². The van der Waals surface area contributed by atoms with Crippen molar-refractivity contribution in [3.05, 3.63) is 0 Å². The number of piperidine rings is 1. The van der Waals surface area contributed by atoms with Crippen LogP contribution in [-0.4, -0.2) is 54.3 Å². The number of aliphatic hydroxyl groups is 1. The van der Waals surface area contributed by atoms with Gasteiger partial charge in [0.15, 0.2) is 0 Å². The number of nitrogens with zero attached hydrogens (tertiary/aromatic N) is 1. The number of likely N-dealkylation sites (tertiary alicyclic amines) is 1. The van der Waals surface area contributed by atoms with Crippen LogP contribution in [0.3, 0.4) is 0 Å². The molecule has 0 aliphatic carbocycles. The summed E-state index contributed by atoms with van der Waals surface area (Å²) in [5, 5.41) is 12.8. The van der Waals surface area contributed by atoms with Gasteiger partial charge in [-0.2, -0.15) is 0 Å². The van der Waals surface area contributed by atoms with Crippen molar-refractivity contribution in [2.24, 2.45) is 0 Å². The Kier molecular flexibility index (Phi) is 5.08. The number of alkyl halides is 2. The van der Waals surface area contributed by atoms with E-state index in [2.05, 4.69) is 5.32 Å². The number of rotatable bonds is 5. The van der Waals surface area contributed by atoms with E-state index in [4.69, 9.17) is 0 Å². The normalized spacial score (nSPS) is 20.6. The Morgan fingerprint density at radius 1 is 1.38 bits per heavy atom. The van der Waals surface area contributed by atoms with Crippen LogP contribution in [0.4, 0.5) is 8.78 Å². The van der Waals surface area contributed by atoms with Gasteiger partial charge >= 0.3 is 0 Å².